The van der Waals surface area contributed by atoms with E-state index >= 15 is 0 Å². The summed E-state index contributed by atoms with van der Waals surface area (Å²) < 4.78 is 6.28. The lowest BCUT2D eigenvalue weighted by atomic mass is 9.82. The lowest BCUT2D eigenvalue weighted by Gasteiger charge is -2.47. The Labute approximate surface area is 163 Å². The Kier molecular flexibility index (Phi) is 5.98. The number of amides is 2. The van der Waals surface area contributed by atoms with Gasteiger partial charge in [-0.05, 0) is 63.6 Å². The molecule has 0 saturated carbocycles. The maximum Gasteiger partial charge on any atom is 0.317 e. The number of nitrogens with zero attached hydrogens (tertiary/aromatic N) is 2. The molecule has 2 amide bonds. The zero-order chi connectivity index (χ0) is 18.5. The van der Waals surface area contributed by atoms with Crippen LogP contribution in [0.3, 0.4) is 0 Å². The fourth-order valence-corrected chi connectivity index (χ4v) is 4.96. The number of piperidine rings is 1. The fraction of sp³-hybridized carbons (Fsp3) is 0.682. The number of urea groups is 1. The van der Waals surface area contributed by atoms with Crippen LogP contribution in [-0.2, 0) is 11.2 Å². The lowest BCUT2D eigenvalue weighted by Crippen LogP contribution is -2.55. The minimum absolute atomic E-state index is 0.00628. The van der Waals surface area contributed by atoms with Gasteiger partial charge in [0.25, 0.3) is 0 Å². The van der Waals surface area contributed by atoms with Crippen molar-refractivity contribution in [3.63, 3.8) is 0 Å². The molecule has 0 radical (unpaired) electrons. The van der Waals surface area contributed by atoms with Gasteiger partial charge in [0.1, 0.15) is 0 Å². The first kappa shape index (κ1) is 18.8. The van der Waals surface area contributed by atoms with Crippen molar-refractivity contribution in [2.75, 3.05) is 39.3 Å². The molecule has 27 heavy (non-hydrogen) atoms. The third-order valence-electron chi connectivity index (χ3n) is 6.62. The number of hydrogen-bond donors (Lipinski definition) is 1. The molecule has 3 fully saturated rings. The van der Waals surface area contributed by atoms with Crippen molar-refractivity contribution in [1.29, 1.82) is 0 Å². The van der Waals surface area contributed by atoms with E-state index in [0.717, 1.165) is 45.4 Å². The molecule has 1 unspecified atom stereocenters. The second kappa shape index (κ2) is 8.61. The molecular formula is C22H33N3O2. The van der Waals surface area contributed by atoms with Crippen molar-refractivity contribution in [3.05, 3.63) is 35.9 Å². The Morgan fingerprint density at radius 2 is 1.85 bits per heavy atom. The Hall–Kier alpha value is -1.59. The van der Waals surface area contributed by atoms with Gasteiger partial charge in [-0.2, -0.15) is 0 Å². The molecule has 3 aliphatic rings. The van der Waals surface area contributed by atoms with Gasteiger partial charge in [-0.15, -0.1) is 0 Å². The minimum Gasteiger partial charge on any atom is -0.375 e. The van der Waals surface area contributed by atoms with E-state index in [-0.39, 0.29) is 11.6 Å². The van der Waals surface area contributed by atoms with Gasteiger partial charge in [-0.3, -0.25) is 0 Å². The summed E-state index contributed by atoms with van der Waals surface area (Å²) >= 11 is 0. The summed E-state index contributed by atoms with van der Waals surface area (Å²) in [6.45, 7) is 5.71. The zero-order valence-electron chi connectivity index (χ0n) is 16.4. The van der Waals surface area contributed by atoms with E-state index in [4.69, 9.17) is 4.74 Å². The Balaban J connectivity index is 1.22. The average Bonchev–Trinajstić information content (AvgIpc) is 3.24. The number of ether oxygens (including phenoxy) is 1. The van der Waals surface area contributed by atoms with E-state index in [1.165, 1.54) is 37.9 Å². The molecule has 0 bridgehead atoms. The molecule has 0 aliphatic carbocycles. The third-order valence-corrected chi connectivity index (χ3v) is 6.62. The summed E-state index contributed by atoms with van der Waals surface area (Å²) in [6, 6.07) is 11.1. The van der Waals surface area contributed by atoms with Gasteiger partial charge in [-0.1, -0.05) is 30.3 Å². The van der Waals surface area contributed by atoms with Crippen molar-refractivity contribution in [1.82, 2.24) is 15.1 Å². The van der Waals surface area contributed by atoms with E-state index in [1.54, 1.807) is 0 Å². The molecular weight excluding hydrogens is 338 g/mol. The van der Waals surface area contributed by atoms with Gasteiger partial charge in [-0.25, -0.2) is 4.79 Å². The number of likely N-dealkylation sites (tertiary alicyclic amines) is 2. The molecule has 5 nitrogen and oxygen atoms in total. The van der Waals surface area contributed by atoms with Gasteiger partial charge in [0.2, 0.25) is 0 Å². The van der Waals surface area contributed by atoms with E-state index < -0.39 is 0 Å². The largest absolute Gasteiger partial charge is 0.375 e. The van der Waals surface area contributed by atoms with Gasteiger partial charge < -0.3 is 19.9 Å². The predicted octanol–water partition coefficient (Wildman–Crippen LogP) is 3.05. The SMILES string of the molecule is O=C(NCCc1ccccc1)N1CCC2(CC1)CC(N1CCCC1)CCO2. The number of benzene rings is 1. The molecule has 1 N–H and O–H groups in total. The van der Waals surface area contributed by atoms with E-state index in [0.29, 0.717) is 12.6 Å². The van der Waals surface area contributed by atoms with Gasteiger partial charge in [0.15, 0.2) is 0 Å². The summed E-state index contributed by atoms with van der Waals surface area (Å²) in [5.41, 5.74) is 1.27. The first-order valence-electron chi connectivity index (χ1n) is 10.7. The van der Waals surface area contributed by atoms with Gasteiger partial charge >= 0.3 is 6.03 Å². The fourth-order valence-electron chi connectivity index (χ4n) is 4.96. The van der Waals surface area contributed by atoms with Crippen LogP contribution in [0.2, 0.25) is 0 Å². The standard InChI is InChI=1S/C22H33N3O2/c26-21(23-12-8-19-6-2-1-3-7-19)25-15-10-22(11-16-25)18-20(9-17-27-22)24-13-4-5-14-24/h1-3,6-7,20H,4-5,8-18H2,(H,23,26). The van der Waals surface area contributed by atoms with E-state index in [9.17, 15) is 4.79 Å². The van der Waals surface area contributed by atoms with Gasteiger partial charge in [0, 0.05) is 32.3 Å². The molecule has 3 heterocycles. The van der Waals surface area contributed by atoms with Crippen LogP contribution >= 0.6 is 0 Å². The predicted molar refractivity (Wildman–Crippen MR) is 107 cm³/mol. The molecule has 0 aromatic heterocycles. The van der Waals surface area contributed by atoms with Crippen LogP contribution in [0.4, 0.5) is 4.79 Å². The molecule has 3 saturated heterocycles. The highest BCUT2D eigenvalue weighted by Crippen LogP contribution is 2.37. The first-order valence-corrected chi connectivity index (χ1v) is 10.7. The Morgan fingerprint density at radius 1 is 1.11 bits per heavy atom. The minimum atomic E-state index is 0.00628. The Morgan fingerprint density at radius 3 is 2.59 bits per heavy atom. The van der Waals surface area contributed by atoms with E-state index in [1.807, 2.05) is 23.1 Å². The van der Waals surface area contributed by atoms with Crippen molar-refractivity contribution >= 4 is 6.03 Å². The highest BCUT2D eigenvalue weighted by atomic mass is 16.5. The van der Waals surface area contributed by atoms with Crippen molar-refractivity contribution in [2.24, 2.45) is 0 Å². The quantitative estimate of drug-likeness (QED) is 0.885. The van der Waals surface area contributed by atoms with E-state index in [2.05, 4.69) is 22.3 Å². The molecule has 1 spiro atoms. The van der Waals surface area contributed by atoms with Crippen molar-refractivity contribution < 1.29 is 9.53 Å². The number of rotatable bonds is 4. The summed E-state index contributed by atoms with van der Waals surface area (Å²) in [7, 11) is 0. The second-order valence-corrected chi connectivity index (χ2v) is 8.38. The second-order valence-electron chi connectivity index (χ2n) is 8.38. The average molecular weight is 372 g/mol. The number of carbonyl (C=O) groups is 1. The maximum atomic E-state index is 12.5. The topological polar surface area (TPSA) is 44.8 Å². The molecule has 1 aromatic rings. The summed E-state index contributed by atoms with van der Waals surface area (Å²) in [5.74, 6) is 0. The summed E-state index contributed by atoms with van der Waals surface area (Å²) in [6.07, 6.45) is 7.85. The molecule has 1 aromatic carbocycles. The van der Waals surface area contributed by atoms with Crippen LogP contribution in [0.1, 0.15) is 44.1 Å². The van der Waals surface area contributed by atoms with Crippen molar-refractivity contribution in [2.45, 2.75) is 56.6 Å². The summed E-state index contributed by atoms with van der Waals surface area (Å²) in [5, 5.41) is 3.08. The lowest BCUT2D eigenvalue weighted by molar-refractivity contribution is -0.127. The molecule has 3 aliphatic heterocycles. The van der Waals surface area contributed by atoms with Crippen LogP contribution in [0, 0.1) is 0 Å². The number of nitrogens with one attached hydrogen (secondary N) is 1. The van der Waals surface area contributed by atoms with Gasteiger partial charge in [0.05, 0.1) is 5.60 Å². The van der Waals surface area contributed by atoms with Crippen LogP contribution < -0.4 is 5.32 Å². The van der Waals surface area contributed by atoms with Crippen LogP contribution in [0.5, 0.6) is 0 Å². The normalized spacial score (nSPS) is 25.6. The monoisotopic (exact) mass is 371 g/mol. The smallest absolute Gasteiger partial charge is 0.317 e. The number of hydrogen-bond acceptors (Lipinski definition) is 3. The maximum absolute atomic E-state index is 12.5. The van der Waals surface area contributed by atoms with Crippen LogP contribution in [-0.4, -0.2) is 66.8 Å². The zero-order valence-corrected chi connectivity index (χ0v) is 16.4. The highest BCUT2D eigenvalue weighted by Gasteiger charge is 2.42. The molecule has 5 heteroatoms. The van der Waals surface area contributed by atoms with Crippen LogP contribution in [0.25, 0.3) is 0 Å². The first-order chi connectivity index (χ1) is 13.2. The van der Waals surface area contributed by atoms with Crippen molar-refractivity contribution in [3.8, 4) is 0 Å². The molecule has 1 atom stereocenters. The molecule has 4 rings (SSSR count). The number of carbonyl (C=O) groups excluding carboxylic acids is 1. The van der Waals surface area contributed by atoms with Crippen LogP contribution in [0.15, 0.2) is 30.3 Å². The Bertz CT molecular complexity index is 607. The summed E-state index contributed by atoms with van der Waals surface area (Å²) in [4.78, 5) is 17.1. The highest BCUT2D eigenvalue weighted by molar-refractivity contribution is 5.74. The third kappa shape index (κ3) is 4.64. The molecule has 148 valence electrons.